The molecule has 33 heavy (non-hydrogen) atoms. The van der Waals surface area contributed by atoms with E-state index in [9.17, 15) is 23.6 Å². The van der Waals surface area contributed by atoms with Crippen molar-refractivity contribution >= 4 is 23.6 Å². The number of rotatable bonds is 5. The second kappa shape index (κ2) is 7.61. The number of amides is 2. The van der Waals surface area contributed by atoms with Gasteiger partial charge in [0.15, 0.2) is 12.4 Å². The van der Waals surface area contributed by atoms with Crippen LogP contribution in [0, 0.1) is 47.2 Å². The molecule has 1 heterocycles. The van der Waals surface area contributed by atoms with Crippen molar-refractivity contribution < 1.29 is 28.3 Å². The Kier molecular flexibility index (Phi) is 4.78. The number of likely N-dealkylation sites (tertiary alicyclic amines) is 1. The predicted octanol–water partition coefficient (Wildman–Crippen LogP) is 3.16. The SMILES string of the molecule is O=C(COC(=O)C1CCC(N2C(=O)[C@@H]3[C@H]4C=C[C@@H]([C@@H]5C[C@H]45)[C@@H]3C2=O)CC1)c1ccc(F)cc1. The van der Waals surface area contributed by atoms with Crippen LogP contribution >= 0.6 is 0 Å². The minimum absolute atomic E-state index is 0.00868. The van der Waals surface area contributed by atoms with E-state index in [1.54, 1.807) is 0 Å². The third kappa shape index (κ3) is 3.27. The van der Waals surface area contributed by atoms with Crippen molar-refractivity contribution in [1.82, 2.24) is 4.90 Å². The molecular formula is C26H26FNO5. The summed E-state index contributed by atoms with van der Waals surface area (Å²) in [6.45, 7) is -0.380. The molecule has 172 valence electrons. The molecule has 0 spiro atoms. The lowest BCUT2D eigenvalue weighted by Crippen LogP contribution is -2.44. The van der Waals surface area contributed by atoms with E-state index in [1.807, 2.05) is 0 Å². The number of ether oxygens (including phenoxy) is 1. The fourth-order valence-corrected chi connectivity index (χ4v) is 6.88. The number of esters is 1. The molecule has 2 bridgehead atoms. The zero-order valence-electron chi connectivity index (χ0n) is 18.2. The van der Waals surface area contributed by atoms with Crippen LogP contribution in [0.15, 0.2) is 36.4 Å². The molecule has 1 aliphatic heterocycles. The van der Waals surface area contributed by atoms with Crippen LogP contribution in [0.1, 0.15) is 42.5 Å². The lowest BCUT2D eigenvalue weighted by atomic mass is 9.63. The second-order valence-electron chi connectivity index (χ2n) is 10.2. The average Bonchev–Trinajstić information content (AvgIpc) is 3.61. The Morgan fingerprint density at radius 1 is 0.909 bits per heavy atom. The van der Waals surface area contributed by atoms with Crippen molar-refractivity contribution in [1.29, 1.82) is 0 Å². The third-order valence-electron chi connectivity index (χ3n) is 8.60. The van der Waals surface area contributed by atoms with Crippen molar-refractivity contribution in [3.05, 3.63) is 47.8 Å². The summed E-state index contributed by atoms with van der Waals surface area (Å²) in [5.41, 5.74) is 0.293. The van der Waals surface area contributed by atoms with Gasteiger partial charge in [0.2, 0.25) is 11.8 Å². The first-order chi connectivity index (χ1) is 15.9. The van der Waals surface area contributed by atoms with Crippen molar-refractivity contribution in [2.75, 3.05) is 6.61 Å². The van der Waals surface area contributed by atoms with Gasteiger partial charge >= 0.3 is 5.97 Å². The fourth-order valence-electron chi connectivity index (χ4n) is 6.88. The van der Waals surface area contributed by atoms with Crippen LogP contribution in [0.3, 0.4) is 0 Å². The van der Waals surface area contributed by atoms with E-state index in [0.717, 1.165) is 6.42 Å². The largest absolute Gasteiger partial charge is 0.457 e. The minimum atomic E-state index is -0.435. The van der Waals surface area contributed by atoms with E-state index >= 15 is 0 Å². The molecule has 6 atom stereocenters. The van der Waals surface area contributed by atoms with Crippen molar-refractivity contribution in [2.24, 2.45) is 41.4 Å². The number of carbonyl (C=O) groups is 4. The highest BCUT2D eigenvalue weighted by molar-refractivity contribution is 6.06. The van der Waals surface area contributed by atoms with Crippen LogP contribution in [0.4, 0.5) is 4.39 Å². The summed E-state index contributed by atoms with van der Waals surface area (Å²) in [6.07, 6.45) is 7.71. The van der Waals surface area contributed by atoms with Crippen molar-refractivity contribution in [2.45, 2.75) is 38.1 Å². The monoisotopic (exact) mass is 451 g/mol. The summed E-state index contributed by atoms with van der Waals surface area (Å²) >= 11 is 0. The molecule has 4 fully saturated rings. The van der Waals surface area contributed by atoms with Crippen LogP contribution in [0.5, 0.6) is 0 Å². The number of halogens is 1. The van der Waals surface area contributed by atoms with E-state index in [2.05, 4.69) is 12.2 Å². The van der Waals surface area contributed by atoms with Crippen molar-refractivity contribution in [3.8, 4) is 0 Å². The quantitative estimate of drug-likeness (QED) is 0.297. The van der Waals surface area contributed by atoms with Gasteiger partial charge in [0.1, 0.15) is 5.82 Å². The molecule has 0 aromatic heterocycles. The fraction of sp³-hybridized carbons (Fsp3) is 0.538. The van der Waals surface area contributed by atoms with Gasteiger partial charge in [-0.3, -0.25) is 24.1 Å². The molecule has 6 aliphatic rings. The van der Waals surface area contributed by atoms with E-state index in [4.69, 9.17) is 4.74 Å². The maximum Gasteiger partial charge on any atom is 0.309 e. The van der Waals surface area contributed by atoms with Crippen LogP contribution in [-0.2, 0) is 19.1 Å². The number of allylic oxidation sites excluding steroid dienone is 2. The van der Waals surface area contributed by atoms with E-state index in [0.29, 0.717) is 43.1 Å². The second-order valence-corrected chi connectivity index (χ2v) is 10.2. The number of nitrogens with zero attached hydrogens (tertiary/aromatic N) is 1. The predicted molar refractivity (Wildman–Crippen MR) is 114 cm³/mol. The average molecular weight is 451 g/mol. The Morgan fingerprint density at radius 2 is 1.48 bits per heavy atom. The Bertz CT molecular complexity index is 1020. The van der Waals surface area contributed by atoms with Crippen LogP contribution in [-0.4, -0.2) is 41.1 Å². The lowest BCUT2D eigenvalue weighted by Gasteiger charge is -2.37. The van der Waals surface area contributed by atoms with E-state index in [1.165, 1.54) is 29.2 Å². The molecule has 1 saturated heterocycles. The van der Waals surface area contributed by atoms with Gasteiger partial charge in [-0.15, -0.1) is 0 Å². The van der Waals surface area contributed by atoms with Gasteiger partial charge in [-0.1, -0.05) is 12.2 Å². The number of hydrogen-bond donors (Lipinski definition) is 0. The summed E-state index contributed by atoms with van der Waals surface area (Å²) in [6, 6.07) is 4.96. The highest BCUT2D eigenvalue weighted by Gasteiger charge is 2.67. The smallest absolute Gasteiger partial charge is 0.309 e. The number of benzene rings is 1. The highest BCUT2D eigenvalue weighted by Crippen LogP contribution is 2.65. The Morgan fingerprint density at radius 3 is 2.06 bits per heavy atom. The van der Waals surface area contributed by atoms with E-state index in [-0.39, 0.29) is 59.8 Å². The van der Waals surface area contributed by atoms with Crippen LogP contribution < -0.4 is 0 Å². The van der Waals surface area contributed by atoms with Gasteiger partial charge in [0.05, 0.1) is 17.8 Å². The van der Waals surface area contributed by atoms with Gasteiger partial charge < -0.3 is 4.74 Å². The van der Waals surface area contributed by atoms with Crippen molar-refractivity contribution in [3.63, 3.8) is 0 Å². The summed E-state index contributed by atoms with van der Waals surface area (Å²) < 4.78 is 18.2. The first kappa shape index (κ1) is 20.8. The standard InChI is InChI=1S/C26H26FNO5/c27-15-5-1-13(2-6-15)21(29)12-33-26(32)14-3-7-16(8-4-14)28-24(30)22-17-9-10-18(20-11-19(17)20)23(22)25(28)31/h1-2,5-6,9-10,14,16-20,22-23H,3-4,7-8,11-12H2/t14?,16?,17-,18-,19-,20+,22-,23+/m0/s1. The van der Waals surface area contributed by atoms with Gasteiger partial charge in [-0.05, 0) is 80.0 Å². The Labute approximate surface area is 191 Å². The van der Waals surface area contributed by atoms with Gasteiger partial charge in [0.25, 0.3) is 0 Å². The normalized spacial score (nSPS) is 38.2. The molecule has 1 aromatic rings. The lowest BCUT2D eigenvalue weighted by molar-refractivity contribution is -0.149. The molecule has 2 amide bonds. The van der Waals surface area contributed by atoms with Crippen LogP contribution in [0.25, 0.3) is 0 Å². The third-order valence-corrected chi connectivity index (χ3v) is 8.60. The molecule has 7 heteroatoms. The maximum absolute atomic E-state index is 13.3. The van der Waals surface area contributed by atoms with Gasteiger partial charge in [-0.2, -0.15) is 0 Å². The number of carbonyl (C=O) groups excluding carboxylic acids is 4. The molecule has 0 N–H and O–H groups in total. The number of hydrogen-bond acceptors (Lipinski definition) is 5. The maximum atomic E-state index is 13.3. The molecule has 7 rings (SSSR count). The molecule has 3 saturated carbocycles. The molecule has 6 nitrogen and oxygen atoms in total. The minimum Gasteiger partial charge on any atom is -0.457 e. The Balaban J connectivity index is 1.04. The molecule has 1 aromatic carbocycles. The zero-order valence-corrected chi connectivity index (χ0v) is 18.2. The van der Waals surface area contributed by atoms with E-state index < -0.39 is 11.8 Å². The summed E-state index contributed by atoms with van der Waals surface area (Å²) in [7, 11) is 0. The number of ketones is 1. The summed E-state index contributed by atoms with van der Waals surface area (Å²) in [4.78, 5) is 52.7. The van der Waals surface area contributed by atoms with Gasteiger partial charge in [-0.25, -0.2) is 4.39 Å². The first-order valence-corrected chi connectivity index (χ1v) is 11.9. The Hall–Kier alpha value is -2.83. The van der Waals surface area contributed by atoms with Gasteiger partial charge in [0, 0.05) is 11.6 Å². The summed E-state index contributed by atoms with van der Waals surface area (Å²) in [5.74, 6) is -0.370. The first-order valence-electron chi connectivity index (χ1n) is 11.9. The molecule has 0 unspecified atom stereocenters. The number of Topliss-reactive ketones (excluding diaryl/α,β-unsaturated/α-hetero) is 1. The number of imide groups is 1. The molecular weight excluding hydrogens is 425 g/mol. The zero-order chi connectivity index (χ0) is 22.9. The molecule has 0 radical (unpaired) electrons. The topological polar surface area (TPSA) is 80.8 Å². The molecule has 5 aliphatic carbocycles. The van der Waals surface area contributed by atoms with Crippen LogP contribution in [0.2, 0.25) is 0 Å². The highest BCUT2D eigenvalue weighted by atomic mass is 19.1. The summed E-state index contributed by atoms with van der Waals surface area (Å²) in [5, 5.41) is 0.